The van der Waals surface area contributed by atoms with Gasteiger partial charge in [-0.1, -0.05) is 18.2 Å². The summed E-state index contributed by atoms with van der Waals surface area (Å²) in [5, 5.41) is 0.901. The van der Waals surface area contributed by atoms with Gasteiger partial charge in [0, 0.05) is 18.6 Å². The number of nitrogens with zero attached hydrogens (tertiary/aromatic N) is 5. The monoisotopic (exact) mass is 308 g/mol. The number of hydrogen-bond donors (Lipinski definition) is 1. The highest BCUT2D eigenvalue weighted by molar-refractivity contribution is 5.77. The van der Waals surface area contributed by atoms with E-state index in [4.69, 9.17) is 0 Å². The van der Waals surface area contributed by atoms with E-state index in [0.717, 1.165) is 15.5 Å². The summed E-state index contributed by atoms with van der Waals surface area (Å²) in [6, 6.07) is 7.53. The summed E-state index contributed by atoms with van der Waals surface area (Å²) >= 11 is 0. The molecular weight excluding hydrogens is 296 g/mol. The van der Waals surface area contributed by atoms with E-state index in [2.05, 4.69) is 19.9 Å². The summed E-state index contributed by atoms with van der Waals surface area (Å²) in [4.78, 5) is 39.9. The zero-order valence-corrected chi connectivity index (χ0v) is 12.2. The van der Waals surface area contributed by atoms with Crippen LogP contribution in [0.2, 0.25) is 0 Å². The Hall–Kier alpha value is -3.29. The van der Waals surface area contributed by atoms with E-state index < -0.39 is 11.2 Å². The lowest BCUT2D eigenvalue weighted by molar-refractivity contribution is 0.677. The molecule has 0 fully saturated rings. The predicted octanol–water partition coefficient (Wildman–Crippen LogP) is 0.415. The van der Waals surface area contributed by atoms with Crippen LogP contribution in [0.5, 0.6) is 0 Å². The van der Waals surface area contributed by atoms with Gasteiger partial charge in [-0.3, -0.25) is 14.3 Å². The Morgan fingerprint density at radius 3 is 2.87 bits per heavy atom. The highest BCUT2D eigenvalue weighted by Crippen LogP contribution is 2.09. The molecule has 1 N–H and O–H groups in total. The maximum atomic E-state index is 12.4. The number of rotatable bonds is 2. The van der Waals surface area contributed by atoms with E-state index in [-0.39, 0.29) is 12.1 Å². The number of imidazole rings is 1. The molecule has 0 aliphatic heterocycles. The first kappa shape index (κ1) is 13.4. The molecule has 114 valence electrons. The van der Waals surface area contributed by atoms with Crippen molar-refractivity contribution < 1.29 is 0 Å². The van der Waals surface area contributed by atoms with Crippen molar-refractivity contribution in [3.63, 3.8) is 0 Å². The number of nitrogens with one attached hydrogen (secondary N) is 1. The molecule has 4 aromatic rings. The number of H-pyrrole nitrogens is 1. The molecule has 8 nitrogen and oxygen atoms in total. The van der Waals surface area contributed by atoms with Crippen LogP contribution in [0, 0.1) is 0 Å². The fourth-order valence-corrected chi connectivity index (χ4v) is 2.49. The van der Waals surface area contributed by atoms with E-state index in [1.54, 1.807) is 17.8 Å². The molecule has 4 rings (SSSR count). The maximum Gasteiger partial charge on any atom is 0.330 e. The molecule has 3 heterocycles. The van der Waals surface area contributed by atoms with E-state index >= 15 is 0 Å². The zero-order chi connectivity index (χ0) is 16.0. The lowest BCUT2D eigenvalue weighted by atomic mass is 10.2. The van der Waals surface area contributed by atoms with Gasteiger partial charge in [-0.25, -0.2) is 19.7 Å². The van der Waals surface area contributed by atoms with Gasteiger partial charge >= 0.3 is 5.69 Å². The normalized spacial score (nSPS) is 11.3. The van der Waals surface area contributed by atoms with Crippen LogP contribution in [0.4, 0.5) is 0 Å². The van der Waals surface area contributed by atoms with Gasteiger partial charge in [-0.15, -0.1) is 0 Å². The molecule has 3 aromatic heterocycles. The van der Waals surface area contributed by atoms with E-state index in [1.165, 1.54) is 6.33 Å². The molecule has 0 unspecified atom stereocenters. The molecule has 0 saturated carbocycles. The Bertz CT molecular complexity index is 1150. The lowest BCUT2D eigenvalue weighted by Crippen LogP contribution is -2.36. The van der Waals surface area contributed by atoms with E-state index in [1.807, 2.05) is 24.3 Å². The number of aromatic nitrogens is 6. The molecule has 8 heteroatoms. The van der Waals surface area contributed by atoms with Crippen LogP contribution in [0.15, 0.2) is 46.4 Å². The van der Waals surface area contributed by atoms with Crippen molar-refractivity contribution in [3.05, 3.63) is 63.5 Å². The molecule has 0 saturated heterocycles. The first-order valence-electron chi connectivity index (χ1n) is 6.98. The quantitative estimate of drug-likeness (QED) is 0.578. The average Bonchev–Trinajstić information content (AvgIpc) is 2.92. The fraction of sp³-hybridized carbons (Fsp3) is 0.133. The van der Waals surface area contributed by atoms with Gasteiger partial charge in [0.25, 0.3) is 5.56 Å². The van der Waals surface area contributed by atoms with Crippen LogP contribution >= 0.6 is 0 Å². The second kappa shape index (κ2) is 4.87. The van der Waals surface area contributed by atoms with Gasteiger partial charge in [-0.05, 0) is 6.07 Å². The molecular formula is C15H12N6O2. The minimum absolute atomic E-state index is 0.00842. The van der Waals surface area contributed by atoms with Crippen molar-refractivity contribution in [3.8, 4) is 0 Å². The number of benzene rings is 1. The summed E-state index contributed by atoms with van der Waals surface area (Å²) < 4.78 is 2.65. The Morgan fingerprint density at radius 1 is 1.17 bits per heavy atom. The first-order valence-corrected chi connectivity index (χ1v) is 6.98. The van der Waals surface area contributed by atoms with Crippen LogP contribution in [0.1, 0.15) is 5.82 Å². The van der Waals surface area contributed by atoms with Crippen molar-refractivity contribution in [1.82, 2.24) is 29.1 Å². The van der Waals surface area contributed by atoms with Crippen LogP contribution in [-0.4, -0.2) is 29.1 Å². The molecule has 23 heavy (non-hydrogen) atoms. The zero-order valence-electron chi connectivity index (χ0n) is 12.2. The smallest absolute Gasteiger partial charge is 0.320 e. The number of fused-ring (bicyclic) bond motifs is 2. The Labute approximate surface area is 129 Å². The summed E-state index contributed by atoms with van der Waals surface area (Å²) in [5.74, 6) is 0.395. The van der Waals surface area contributed by atoms with Gasteiger partial charge in [-0.2, -0.15) is 0 Å². The molecule has 1 aromatic carbocycles. The van der Waals surface area contributed by atoms with Crippen LogP contribution < -0.4 is 11.2 Å². The predicted molar refractivity (Wildman–Crippen MR) is 84.2 cm³/mol. The van der Waals surface area contributed by atoms with Crippen LogP contribution in [0.25, 0.3) is 22.1 Å². The summed E-state index contributed by atoms with van der Waals surface area (Å²) in [6.45, 7) is -0.00842. The van der Waals surface area contributed by atoms with Crippen molar-refractivity contribution in [2.75, 3.05) is 0 Å². The number of para-hydroxylation sites is 1. The van der Waals surface area contributed by atoms with Crippen molar-refractivity contribution >= 4 is 22.1 Å². The molecule has 0 bridgehead atoms. The fourth-order valence-electron chi connectivity index (χ4n) is 2.49. The van der Waals surface area contributed by atoms with Crippen LogP contribution in [0.3, 0.4) is 0 Å². The van der Waals surface area contributed by atoms with Crippen molar-refractivity contribution in [1.29, 1.82) is 0 Å². The molecule has 0 spiro atoms. The molecule has 0 amide bonds. The van der Waals surface area contributed by atoms with Gasteiger partial charge in [0.05, 0.1) is 18.4 Å². The molecule has 0 aliphatic carbocycles. The Kier molecular flexibility index (Phi) is 2.83. The van der Waals surface area contributed by atoms with Crippen molar-refractivity contribution in [2.45, 2.75) is 6.54 Å². The Balaban J connectivity index is 1.85. The molecule has 0 atom stereocenters. The second-order valence-electron chi connectivity index (χ2n) is 5.22. The van der Waals surface area contributed by atoms with Gasteiger partial charge in [0.15, 0.2) is 5.52 Å². The average molecular weight is 308 g/mol. The van der Waals surface area contributed by atoms with E-state index in [0.29, 0.717) is 11.5 Å². The largest absolute Gasteiger partial charge is 0.330 e. The van der Waals surface area contributed by atoms with E-state index in [9.17, 15) is 9.59 Å². The molecule has 0 radical (unpaired) electrons. The summed E-state index contributed by atoms with van der Waals surface area (Å²) in [6.07, 6.45) is 3.16. The van der Waals surface area contributed by atoms with Gasteiger partial charge in [0.1, 0.15) is 11.5 Å². The van der Waals surface area contributed by atoms with Gasteiger partial charge < -0.3 is 4.57 Å². The third-order valence-electron chi connectivity index (χ3n) is 3.69. The number of aromatic amines is 1. The lowest BCUT2D eigenvalue weighted by Gasteiger charge is -2.05. The summed E-state index contributed by atoms with van der Waals surface area (Å²) in [5.41, 5.74) is 0.411. The maximum absolute atomic E-state index is 12.4. The second-order valence-corrected chi connectivity index (χ2v) is 5.22. The number of aryl methyl sites for hydroxylation is 1. The number of hydrogen-bond acceptors (Lipinski definition) is 5. The topological polar surface area (TPSA) is 98.5 Å². The van der Waals surface area contributed by atoms with Gasteiger partial charge in [0.2, 0.25) is 0 Å². The van der Waals surface area contributed by atoms with Crippen LogP contribution in [-0.2, 0) is 13.6 Å². The third kappa shape index (κ3) is 2.11. The third-order valence-corrected chi connectivity index (χ3v) is 3.69. The SMILES string of the molecule is Cn1cnc2c(=O)n(Cc3ncc4ccccc4n3)c(=O)[nH]c21. The minimum Gasteiger partial charge on any atom is -0.320 e. The Morgan fingerprint density at radius 2 is 2.00 bits per heavy atom. The molecule has 0 aliphatic rings. The highest BCUT2D eigenvalue weighted by atomic mass is 16.2. The summed E-state index contributed by atoms with van der Waals surface area (Å²) in [7, 11) is 1.71. The first-order chi connectivity index (χ1) is 11.1. The highest BCUT2D eigenvalue weighted by Gasteiger charge is 2.12. The standard InChI is InChI=1S/C15H12N6O2/c1-20-8-17-12-13(20)19-15(23)21(14(12)22)7-11-16-6-9-4-2-3-5-10(9)18-11/h2-6,8H,7H2,1H3,(H,19,23). The van der Waals surface area contributed by atoms with Crippen molar-refractivity contribution in [2.24, 2.45) is 7.05 Å². The minimum atomic E-state index is -0.511.